The van der Waals surface area contributed by atoms with E-state index in [4.69, 9.17) is 0 Å². The average Bonchev–Trinajstić information content (AvgIpc) is 2.56. The predicted octanol–water partition coefficient (Wildman–Crippen LogP) is 7.80. The lowest BCUT2D eigenvalue weighted by molar-refractivity contribution is 0.247. The summed E-state index contributed by atoms with van der Waals surface area (Å²) >= 11 is 0. The molecule has 0 aromatic rings. The van der Waals surface area contributed by atoms with E-state index in [1.54, 1.807) is 11.6 Å². The molecule has 0 saturated heterocycles. The first-order valence-electron chi connectivity index (χ1n) is 9.76. The lowest BCUT2D eigenvalue weighted by Crippen LogP contribution is -2.24. The van der Waals surface area contributed by atoms with Crippen LogP contribution in [0.3, 0.4) is 0 Å². The second kappa shape index (κ2) is 10.7. The summed E-state index contributed by atoms with van der Waals surface area (Å²) in [6, 6.07) is 0. The van der Waals surface area contributed by atoms with Crippen LogP contribution in [-0.4, -0.2) is 0 Å². The molecule has 0 fully saturated rings. The van der Waals surface area contributed by atoms with E-state index >= 15 is 0 Å². The molecular weight excluding hydrogens is 295 g/mol. The predicted molar refractivity (Wildman–Crippen MR) is 106 cm³/mol. The lowest BCUT2D eigenvalue weighted by atomic mass is 9.72. The molecule has 0 aromatic heterocycles. The molecule has 1 rings (SSSR count). The van der Waals surface area contributed by atoms with E-state index < -0.39 is 0 Å². The van der Waals surface area contributed by atoms with Crippen LogP contribution in [0.2, 0.25) is 0 Å². The van der Waals surface area contributed by atoms with Gasteiger partial charge in [-0.3, -0.25) is 0 Å². The summed E-state index contributed by atoms with van der Waals surface area (Å²) in [4.78, 5) is 0. The highest BCUT2D eigenvalue weighted by molar-refractivity contribution is 5.18. The second-order valence-corrected chi connectivity index (χ2v) is 7.58. The van der Waals surface area contributed by atoms with Crippen molar-refractivity contribution in [3.63, 3.8) is 0 Å². The minimum atomic E-state index is 0.0151. The van der Waals surface area contributed by atoms with E-state index in [1.807, 2.05) is 6.08 Å². The Morgan fingerprint density at radius 1 is 1.38 bits per heavy atom. The van der Waals surface area contributed by atoms with Crippen molar-refractivity contribution in [2.24, 2.45) is 23.7 Å². The highest BCUT2D eigenvalue weighted by Crippen LogP contribution is 2.38. The minimum Gasteiger partial charge on any atom is -0.212 e. The summed E-state index contributed by atoms with van der Waals surface area (Å²) in [5, 5.41) is 0. The molecule has 1 aliphatic rings. The van der Waals surface area contributed by atoms with Gasteiger partial charge >= 0.3 is 0 Å². The van der Waals surface area contributed by atoms with Crippen molar-refractivity contribution in [2.45, 2.75) is 73.1 Å². The third-order valence-electron chi connectivity index (χ3n) is 5.69. The molecule has 1 aliphatic carbocycles. The molecule has 0 spiro atoms. The topological polar surface area (TPSA) is 0 Å². The molecule has 0 nitrogen and oxygen atoms in total. The highest BCUT2D eigenvalue weighted by atomic mass is 19.1. The molecule has 0 saturated carbocycles. The van der Waals surface area contributed by atoms with Gasteiger partial charge in [-0.15, -0.1) is 6.58 Å². The maximum absolute atomic E-state index is 13.8. The summed E-state index contributed by atoms with van der Waals surface area (Å²) in [6.07, 6.45) is 14.2. The normalized spacial score (nSPS) is 29.5. The van der Waals surface area contributed by atoms with Crippen LogP contribution in [-0.2, 0) is 0 Å². The maximum atomic E-state index is 13.8. The Balaban J connectivity index is 2.80. The fraction of sp³-hybridized carbons (Fsp3) is 0.652. The van der Waals surface area contributed by atoms with Crippen LogP contribution in [0.25, 0.3) is 0 Å². The van der Waals surface area contributed by atoms with E-state index in [0.29, 0.717) is 30.1 Å². The van der Waals surface area contributed by atoms with Gasteiger partial charge in [0.1, 0.15) is 0 Å². The zero-order chi connectivity index (χ0) is 18.1. The summed E-state index contributed by atoms with van der Waals surface area (Å²) in [7, 11) is 0. The first kappa shape index (κ1) is 20.9. The monoisotopic (exact) mass is 332 g/mol. The molecule has 0 amide bonds. The van der Waals surface area contributed by atoms with Crippen LogP contribution < -0.4 is 0 Å². The fourth-order valence-corrected chi connectivity index (χ4v) is 4.04. The van der Waals surface area contributed by atoms with Crippen molar-refractivity contribution in [1.29, 1.82) is 0 Å². The van der Waals surface area contributed by atoms with Gasteiger partial charge in [0.15, 0.2) is 0 Å². The van der Waals surface area contributed by atoms with Crippen LogP contribution in [0, 0.1) is 23.7 Å². The standard InChI is InChI=1S/C23H37F/c1-7-10-20(8-2)15-17(4)16-21(9-3)23-14-13-22(24)12-11-18(5)19(23)6/h9-12,17,19,21,23H,3,7-8,13-16H2,1-2,4-6H3/b18-11+,20-10+,22-12+. The second-order valence-electron chi connectivity index (χ2n) is 7.58. The smallest absolute Gasteiger partial charge is 0.0999 e. The first-order valence-corrected chi connectivity index (χ1v) is 9.76. The highest BCUT2D eigenvalue weighted by Gasteiger charge is 2.28. The van der Waals surface area contributed by atoms with Gasteiger partial charge in [0, 0.05) is 0 Å². The summed E-state index contributed by atoms with van der Waals surface area (Å²) in [5.41, 5.74) is 2.86. The fourth-order valence-electron chi connectivity index (χ4n) is 4.04. The first-order chi connectivity index (χ1) is 11.4. The van der Waals surface area contributed by atoms with E-state index in [-0.39, 0.29) is 5.83 Å². The van der Waals surface area contributed by atoms with Gasteiger partial charge in [-0.25, -0.2) is 4.39 Å². The van der Waals surface area contributed by atoms with Gasteiger partial charge in [-0.1, -0.05) is 57.1 Å². The zero-order valence-corrected chi connectivity index (χ0v) is 16.4. The van der Waals surface area contributed by atoms with Crippen molar-refractivity contribution in [3.8, 4) is 0 Å². The van der Waals surface area contributed by atoms with Crippen molar-refractivity contribution in [1.82, 2.24) is 0 Å². The molecule has 0 radical (unpaired) electrons. The summed E-state index contributed by atoms with van der Waals surface area (Å²) < 4.78 is 13.8. The quantitative estimate of drug-likeness (QED) is 0.398. The lowest BCUT2D eigenvalue weighted by Gasteiger charge is -2.33. The van der Waals surface area contributed by atoms with E-state index in [2.05, 4.69) is 53.3 Å². The van der Waals surface area contributed by atoms with E-state index in [1.165, 1.54) is 12.0 Å². The van der Waals surface area contributed by atoms with Crippen molar-refractivity contribution >= 4 is 0 Å². The molecule has 4 unspecified atom stereocenters. The third-order valence-corrected chi connectivity index (χ3v) is 5.69. The molecule has 1 heteroatoms. The Labute approximate surface area is 149 Å². The molecular formula is C23H37F. The molecule has 0 bridgehead atoms. The summed E-state index contributed by atoms with van der Waals surface area (Å²) in [6.45, 7) is 15.4. The molecule has 0 aliphatic heterocycles. The van der Waals surface area contributed by atoms with E-state index in [9.17, 15) is 4.39 Å². The number of hydrogen-bond donors (Lipinski definition) is 0. The van der Waals surface area contributed by atoms with Gasteiger partial charge in [-0.2, -0.15) is 0 Å². The Bertz CT molecular complexity index is 480. The molecule has 4 atom stereocenters. The molecule has 0 N–H and O–H groups in total. The average molecular weight is 333 g/mol. The van der Waals surface area contributed by atoms with Crippen molar-refractivity contribution in [2.75, 3.05) is 0 Å². The third kappa shape index (κ3) is 6.42. The molecule has 136 valence electrons. The van der Waals surface area contributed by atoms with E-state index in [0.717, 1.165) is 25.7 Å². The van der Waals surface area contributed by atoms with Crippen LogP contribution in [0.1, 0.15) is 73.1 Å². The molecule has 0 heterocycles. The zero-order valence-electron chi connectivity index (χ0n) is 16.4. The van der Waals surface area contributed by atoms with Gasteiger partial charge in [-0.05, 0) is 75.2 Å². The van der Waals surface area contributed by atoms with Crippen molar-refractivity contribution < 1.29 is 4.39 Å². The number of rotatable bonds is 8. The van der Waals surface area contributed by atoms with Crippen LogP contribution in [0.5, 0.6) is 0 Å². The van der Waals surface area contributed by atoms with Crippen LogP contribution in [0.15, 0.2) is 47.9 Å². The van der Waals surface area contributed by atoms with Crippen LogP contribution >= 0.6 is 0 Å². The van der Waals surface area contributed by atoms with Gasteiger partial charge < -0.3 is 0 Å². The molecule has 24 heavy (non-hydrogen) atoms. The Morgan fingerprint density at radius 2 is 2.08 bits per heavy atom. The van der Waals surface area contributed by atoms with Crippen molar-refractivity contribution in [3.05, 3.63) is 47.9 Å². The summed E-state index contributed by atoms with van der Waals surface area (Å²) in [5.74, 6) is 2.10. The number of halogens is 1. The number of hydrogen-bond acceptors (Lipinski definition) is 0. The van der Waals surface area contributed by atoms with Gasteiger partial charge in [0.05, 0.1) is 5.83 Å². The maximum Gasteiger partial charge on any atom is 0.0999 e. The largest absolute Gasteiger partial charge is 0.212 e. The van der Waals surface area contributed by atoms with Gasteiger partial charge in [0.25, 0.3) is 0 Å². The number of allylic oxidation sites excluding steroid dienone is 7. The molecule has 0 aromatic carbocycles. The SMILES string of the molecule is C=CC(CC(C)C/C(=C/CC)CC)C1CC/C(F)=C\C=C(/C)C1C. The van der Waals surface area contributed by atoms with Crippen LogP contribution in [0.4, 0.5) is 4.39 Å². The Hall–Kier alpha value is -1.11. The van der Waals surface area contributed by atoms with Gasteiger partial charge in [0.2, 0.25) is 0 Å². The minimum absolute atomic E-state index is 0.0151. The Morgan fingerprint density at radius 3 is 2.67 bits per heavy atom. The Kier molecular flexibility index (Phi) is 9.33.